The van der Waals surface area contributed by atoms with Crippen molar-refractivity contribution in [3.63, 3.8) is 0 Å². The summed E-state index contributed by atoms with van der Waals surface area (Å²) in [5, 5.41) is 15.9. The number of aromatic nitrogens is 5. The number of methoxy groups -OCH3 is 1. The lowest BCUT2D eigenvalue weighted by Crippen LogP contribution is -2.26. The summed E-state index contributed by atoms with van der Waals surface area (Å²) < 4.78 is 8.07. The summed E-state index contributed by atoms with van der Waals surface area (Å²) in [6.07, 6.45) is 2.65. The largest absolute Gasteiger partial charge is 0.468 e. The van der Waals surface area contributed by atoms with Gasteiger partial charge in [-0.25, -0.2) is 0 Å². The molecule has 8 nitrogen and oxygen atoms in total. The number of nitrogens with one attached hydrogen (secondary N) is 1. The summed E-state index contributed by atoms with van der Waals surface area (Å²) >= 11 is 0. The number of carbonyl (C=O) groups is 1. The number of rotatable bonds is 3. The topological polar surface area (TPSA) is 86.9 Å². The smallest absolute Gasteiger partial charge is 0.327 e. The minimum atomic E-state index is -0.306. The number of hydrogen-bond donors (Lipinski definition) is 1. The second kappa shape index (κ2) is 5.04. The molecule has 0 saturated heterocycles. The molecule has 1 aliphatic rings. The molecule has 3 heterocycles. The molecule has 0 amide bonds. The number of hydrogen-bond acceptors (Lipinski definition) is 6. The molecular formula is C12H16N6O2. The maximum Gasteiger partial charge on any atom is 0.327 e. The monoisotopic (exact) mass is 276 g/mol. The summed E-state index contributed by atoms with van der Waals surface area (Å²) in [5.74, 6) is -0.306. The van der Waals surface area contributed by atoms with Gasteiger partial charge in [-0.1, -0.05) is 5.21 Å². The van der Waals surface area contributed by atoms with E-state index in [1.165, 1.54) is 7.11 Å². The first kappa shape index (κ1) is 12.8. The van der Waals surface area contributed by atoms with Gasteiger partial charge in [-0.15, -0.1) is 5.10 Å². The molecule has 0 saturated carbocycles. The molecule has 2 aromatic rings. The Hall–Kier alpha value is -2.22. The van der Waals surface area contributed by atoms with Gasteiger partial charge in [0.1, 0.15) is 17.9 Å². The third kappa shape index (κ3) is 2.18. The number of ether oxygens (including phenoxy) is 1. The summed E-state index contributed by atoms with van der Waals surface area (Å²) in [7, 11) is 3.19. The normalized spacial score (nSPS) is 14.1. The van der Waals surface area contributed by atoms with Crippen LogP contribution in [0.25, 0.3) is 11.4 Å². The lowest BCUT2D eigenvalue weighted by molar-refractivity contribution is -0.141. The highest BCUT2D eigenvalue weighted by molar-refractivity contribution is 5.69. The lowest BCUT2D eigenvalue weighted by Gasteiger charge is -2.14. The highest BCUT2D eigenvalue weighted by atomic mass is 16.5. The third-order valence-electron chi connectivity index (χ3n) is 3.36. The molecule has 2 aromatic heterocycles. The molecule has 0 atom stereocenters. The quantitative estimate of drug-likeness (QED) is 0.760. The van der Waals surface area contributed by atoms with Crippen molar-refractivity contribution in [2.24, 2.45) is 7.05 Å². The Morgan fingerprint density at radius 3 is 3.10 bits per heavy atom. The number of esters is 1. The van der Waals surface area contributed by atoms with Crippen LogP contribution >= 0.6 is 0 Å². The second-order valence-electron chi connectivity index (χ2n) is 4.71. The minimum absolute atomic E-state index is 0.124. The fourth-order valence-electron chi connectivity index (χ4n) is 2.40. The van der Waals surface area contributed by atoms with E-state index in [-0.39, 0.29) is 12.5 Å². The average Bonchev–Trinajstić information content (AvgIpc) is 3.03. The van der Waals surface area contributed by atoms with Crippen LogP contribution in [0.4, 0.5) is 0 Å². The standard InChI is InChI=1S/C12H16N6O2/c1-17-6-9(14-16-17)12-8-5-13-4-3-10(8)18(15-12)7-11(19)20-2/h6,13H,3-5,7H2,1-2H3. The van der Waals surface area contributed by atoms with E-state index in [1.54, 1.807) is 9.36 Å². The van der Waals surface area contributed by atoms with E-state index >= 15 is 0 Å². The Morgan fingerprint density at radius 1 is 1.55 bits per heavy atom. The summed E-state index contributed by atoms with van der Waals surface area (Å²) in [5.41, 5.74) is 3.65. The first-order valence-electron chi connectivity index (χ1n) is 6.42. The summed E-state index contributed by atoms with van der Waals surface area (Å²) in [4.78, 5) is 11.5. The van der Waals surface area contributed by atoms with Crippen LogP contribution in [0.2, 0.25) is 0 Å². The molecule has 3 rings (SSSR count). The Morgan fingerprint density at radius 2 is 2.40 bits per heavy atom. The molecule has 0 bridgehead atoms. The molecule has 20 heavy (non-hydrogen) atoms. The van der Waals surface area contributed by atoms with Gasteiger partial charge in [-0.2, -0.15) is 5.10 Å². The van der Waals surface area contributed by atoms with E-state index in [1.807, 2.05) is 13.2 Å². The predicted octanol–water partition coefficient (Wildman–Crippen LogP) is -0.503. The number of fused-ring (bicyclic) bond motifs is 1. The van der Waals surface area contributed by atoms with Crippen molar-refractivity contribution in [1.29, 1.82) is 0 Å². The zero-order valence-electron chi connectivity index (χ0n) is 11.5. The Kier molecular flexibility index (Phi) is 3.23. The minimum Gasteiger partial charge on any atom is -0.468 e. The van der Waals surface area contributed by atoms with Gasteiger partial charge in [0.2, 0.25) is 0 Å². The van der Waals surface area contributed by atoms with Gasteiger partial charge >= 0.3 is 5.97 Å². The number of nitrogens with zero attached hydrogens (tertiary/aromatic N) is 5. The van der Waals surface area contributed by atoms with Crippen LogP contribution in [0.3, 0.4) is 0 Å². The predicted molar refractivity (Wildman–Crippen MR) is 69.7 cm³/mol. The third-order valence-corrected chi connectivity index (χ3v) is 3.36. The highest BCUT2D eigenvalue weighted by Gasteiger charge is 2.24. The van der Waals surface area contributed by atoms with Crippen LogP contribution < -0.4 is 5.32 Å². The van der Waals surface area contributed by atoms with Gasteiger partial charge in [-0.05, 0) is 0 Å². The number of carbonyl (C=O) groups excluding carboxylic acids is 1. The van der Waals surface area contributed by atoms with Crippen molar-refractivity contribution in [1.82, 2.24) is 30.1 Å². The molecule has 0 spiro atoms. The van der Waals surface area contributed by atoms with Crippen LogP contribution in [0.1, 0.15) is 11.3 Å². The highest BCUT2D eigenvalue weighted by Crippen LogP contribution is 2.26. The van der Waals surface area contributed by atoms with E-state index in [2.05, 4.69) is 20.7 Å². The fraction of sp³-hybridized carbons (Fsp3) is 0.500. The molecule has 8 heteroatoms. The molecule has 0 unspecified atom stereocenters. The first-order valence-corrected chi connectivity index (χ1v) is 6.42. The van der Waals surface area contributed by atoms with Gasteiger partial charge in [-0.3, -0.25) is 14.2 Å². The molecule has 106 valence electrons. The first-order chi connectivity index (χ1) is 9.69. The molecule has 0 fully saturated rings. The second-order valence-corrected chi connectivity index (χ2v) is 4.71. The Balaban J connectivity index is 2.04. The fourth-order valence-corrected chi connectivity index (χ4v) is 2.40. The van der Waals surface area contributed by atoms with Gasteiger partial charge in [0.05, 0.1) is 13.3 Å². The van der Waals surface area contributed by atoms with E-state index in [0.717, 1.165) is 42.2 Å². The van der Waals surface area contributed by atoms with E-state index in [9.17, 15) is 4.79 Å². The Bertz CT molecular complexity index is 644. The number of aryl methyl sites for hydroxylation is 1. The van der Waals surface area contributed by atoms with Crippen LogP contribution in [-0.4, -0.2) is 44.4 Å². The maximum atomic E-state index is 11.5. The SMILES string of the molecule is COC(=O)Cn1nc(-c2cn(C)nn2)c2c1CCNC2. The molecule has 1 aliphatic heterocycles. The van der Waals surface area contributed by atoms with Gasteiger partial charge < -0.3 is 10.1 Å². The van der Waals surface area contributed by atoms with Crippen LogP contribution in [0, 0.1) is 0 Å². The summed E-state index contributed by atoms with van der Waals surface area (Å²) in [6.45, 7) is 1.72. The lowest BCUT2D eigenvalue weighted by atomic mass is 10.1. The molecule has 0 aromatic carbocycles. The summed E-state index contributed by atoms with van der Waals surface area (Å²) in [6, 6.07) is 0. The maximum absolute atomic E-state index is 11.5. The van der Waals surface area contributed by atoms with Gasteiger partial charge in [0.15, 0.2) is 0 Å². The molecule has 1 N–H and O–H groups in total. The zero-order valence-corrected chi connectivity index (χ0v) is 11.5. The Labute approximate surface area is 115 Å². The van der Waals surface area contributed by atoms with Crippen molar-refractivity contribution in [3.8, 4) is 11.4 Å². The van der Waals surface area contributed by atoms with Crippen LogP contribution in [0.5, 0.6) is 0 Å². The van der Waals surface area contributed by atoms with Crippen LogP contribution in [-0.2, 0) is 36.1 Å². The van der Waals surface area contributed by atoms with Gasteiger partial charge in [0, 0.05) is 37.8 Å². The molecular weight excluding hydrogens is 260 g/mol. The average molecular weight is 276 g/mol. The molecule has 0 radical (unpaired) electrons. The van der Waals surface area contributed by atoms with Crippen molar-refractivity contribution < 1.29 is 9.53 Å². The van der Waals surface area contributed by atoms with Crippen molar-refractivity contribution in [2.45, 2.75) is 19.5 Å². The van der Waals surface area contributed by atoms with Crippen molar-refractivity contribution in [2.75, 3.05) is 13.7 Å². The van der Waals surface area contributed by atoms with E-state index in [0.29, 0.717) is 0 Å². The van der Waals surface area contributed by atoms with Crippen molar-refractivity contribution >= 4 is 5.97 Å². The van der Waals surface area contributed by atoms with E-state index < -0.39 is 0 Å². The van der Waals surface area contributed by atoms with Gasteiger partial charge in [0.25, 0.3) is 0 Å². The molecule has 0 aliphatic carbocycles. The van der Waals surface area contributed by atoms with Crippen LogP contribution in [0.15, 0.2) is 6.20 Å². The zero-order chi connectivity index (χ0) is 14.1. The van der Waals surface area contributed by atoms with Crippen molar-refractivity contribution in [3.05, 3.63) is 17.5 Å². The van der Waals surface area contributed by atoms with E-state index in [4.69, 9.17) is 4.74 Å².